The maximum Gasteiger partial charge on any atom is 0.294 e. The quantitative estimate of drug-likeness (QED) is 0.380. The first-order valence-electron chi connectivity index (χ1n) is 2.09. The summed E-state index contributed by atoms with van der Waals surface area (Å²) < 4.78 is 4.15. The second-order valence-corrected chi connectivity index (χ2v) is 1.17. The van der Waals surface area contributed by atoms with Crippen molar-refractivity contribution in [3.63, 3.8) is 0 Å². The molecule has 0 aliphatic rings. The average Bonchev–Trinajstić information content (AvgIpc) is 1.68. The van der Waals surface area contributed by atoms with Gasteiger partial charge in [0.25, 0.3) is 6.47 Å². The van der Waals surface area contributed by atoms with Crippen molar-refractivity contribution in [1.82, 2.24) is 0 Å². The Balaban J connectivity index is 3.16. The van der Waals surface area contributed by atoms with Gasteiger partial charge in [-0.3, -0.25) is 10.5 Å². The SMILES string of the molecule is NC(CC=O)OC=O. The monoisotopic (exact) mass is 117 g/mol. The maximum atomic E-state index is 9.61. The van der Waals surface area contributed by atoms with Gasteiger partial charge in [0, 0.05) is 0 Å². The highest BCUT2D eigenvalue weighted by atomic mass is 16.5. The van der Waals surface area contributed by atoms with Crippen LogP contribution in [0.5, 0.6) is 0 Å². The molecule has 4 heteroatoms. The first kappa shape index (κ1) is 7.10. The predicted molar refractivity (Wildman–Crippen MR) is 25.8 cm³/mol. The number of aldehydes is 1. The molecule has 0 saturated heterocycles. The third-order valence-corrected chi connectivity index (χ3v) is 0.559. The molecule has 2 N–H and O–H groups in total. The third-order valence-electron chi connectivity index (χ3n) is 0.559. The van der Waals surface area contributed by atoms with Gasteiger partial charge in [0.2, 0.25) is 0 Å². The van der Waals surface area contributed by atoms with Crippen molar-refractivity contribution in [2.45, 2.75) is 12.6 Å². The zero-order chi connectivity index (χ0) is 6.41. The van der Waals surface area contributed by atoms with Crippen molar-refractivity contribution < 1.29 is 14.3 Å². The lowest BCUT2D eigenvalue weighted by Crippen LogP contribution is -2.23. The van der Waals surface area contributed by atoms with Crippen LogP contribution < -0.4 is 5.73 Å². The number of nitrogens with two attached hydrogens (primary N) is 1. The second-order valence-electron chi connectivity index (χ2n) is 1.17. The summed E-state index contributed by atoms with van der Waals surface area (Å²) in [5.41, 5.74) is 5.01. The molecule has 0 heterocycles. The minimum Gasteiger partial charge on any atom is -0.449 e. The summed E-state index contributed by atoms with van der Waals surface area (Å²) >= 11 is 0. The summed E-state index contributed by atoms with van der Waals surface area (Å²) in [4.78, 5) is 19.1. The number of ether oxygens (including phenoxy) is 1. The van der Waals surface area contributed by atoms with Crippen molar-refractivity contribution in [3.8, 4) is 0 Å². The molecule has 0 rings (SSSR count). The van der Waals surface area contributed by atoms with Crippen LogP contribution >= 0.6 is 0 Å². The van der Waals surface area contributed by atoms with Gasteiger partial charge in [-0.25, -0.2) is 0 Å². The summed E-state index contributed by atoms with van der Waals surface area (Å²) in [6.07, 6.45) is -0.127. The van der Waals surface area contributed by atoms with E-state index in [0.29, 0.717) is 6.29 Å². The fourth-order valence-corrected chi connectivity index (χ4v) is 0.222. The van der Waals surface area contributed by atoms with Crippen molar-refractivity contribution in [3.05, 3.63) is 0 Å². The van der Waals surface area contributed by atoms with E-state index in [9.17, 15) is 9.59 Å². The molecule has 0 bridgehead atoms. The Kier molecular flexibility index (Phi) is 3.78. The number of carbonyl (C=O) groups is 2. The molecule has 0 spiro atoms. The van der Waals surface area contributed by atoms with E-state index in [1.54, 1.807) is 0 Å². The molecule has 0 radical (unpaired) electrons. The number of hydrogen-bond acceptors (Lipinski definition) is 4. The van der Waals surface area contributed by atoms with Gasteiger partial charge in [-0.1, -0.05) is 0 Å². The zero-order valence-corrected chi connectivity index (χ0v) is 4.24. The van der Waals surface area contributed by atoms with Gasteiger partial charge in [-0.05, 0) is 0 Å². The fraction of sp³-hybridized carbons (Fsp3) is 0.500. The van der Waals surface area contributed by atoms with E-state index in [0.717, 1.165) is 0 Å². The Morgan fingerprint density at radius 2 is 2.25 bits per heavy atom. The lowest BCUT2D eigenvalue weighted by atomic mass is 10.4. The molecule has 1 atom stereocenters. The molecule has 0 amide bonds. The van der Waals surface area contributed by atoms with Crippen LogP contribution in [-0.2, 0) is 14.3 Å². The standard InChI is InChI=1S/C4H7NO3/c5-4(1-2-6)8-3-7/h2-4H,1,5H2. The summed E-state index contributed by atoms with van der Waals surface area (Å²) in [7, 11) is 0. The van der Waals surface area contributed by atoms with Crippen LogP contribution in [0.15, 0.2) is 0 Å². The van der Waals surface area contributed by atoms with Crippen LogP contribution in [-0.4, -0.2) is 19.0 Å². The average molecular weight is 117 g/mol. The lowest BCUT2D eigenvalue weighted by molar-refractivity contribution is -0.134. The summed E-state index contributed by atoms with van der Waals surface area (Å²) in [6.45, 7) is 0.216. The molecular formula is C4H7NO3. The Labute approximate surface area is 46.6 Å². The van der Waals surface area contributed by atoms with Crippen LogP contribution in [0, 0.1) is 0 Å². The Hall–Kier alpha value is -0.900. The normalized spacial score (nSPS) is 12.1. The van der Waals surface area contributed by atoms with Gasteiger partial charge in [-0.2, -0.15) is 0 Å². The molecule has 0 aromatic carbocycles. The molecule has 0 aromatic rings. The first-order valence-corrected chi connectivity index (χ1v) is 2.09. The van der Waals surface area contributed by atoms with Crippen molar-refractivity contribution >= 4 is 12.8 Å². The van der Waals surface area contributed by atoms with Gasteiger partial charge in [0.15, 0.2) is 6.23 Å². The van der Waals surface area contributed by atoms with Crippen molar-refractivity contribution in [2.75, 3.05) is 0 Å². The van der Waals surface area contributed by atoms with E-state index in [4.69, 9.17) is 5.73 Å². The Bertz CT molecular complexity index is 73.4. The maximum absolute atomic E-state index is 9.61. The number of rotatable bonds is 4. The van der Waals surface area contributed by atoms with Crippen molar-refractivity contribution in [1.29, 1.82) is 0 Å². The first-order chi connectivity index (χ1) is 3.81. The van der Waals surface area contributed by atoms with E-state index in [1.165, 1.54) is 0 Å². The smallest absolute Gasteiger partial charge is 0.294 e. The fourth-order valence-electron chi connectivity index (χ4n) is 0.222. The van der Waals surface area contributed by atoms with E-state index in [-0.39, 0.29) is 12.9 Å². The number of hydrogen-bond donors (Lipinski definition) is 1. The highest BCUT2D eigenvalue weighted by Gasteiger charge is 1.96. The summed E-state index contributed by atoms with van der Waals surface area (Å²) in [6, 6.07) is 0. The van der Waals surface area contributed by atoms with E-state index in [2.05, 4.69) is 4.74 Å². The summed E-state index contributed by atoms with van der Waals surface area (Å²) in [5.74, 6) is 0. The highest BCUT2D eigenvalue weighted by Crippen LogP contribution is 1.81. The second kappa shape index (κ2) is 4.26. The van der Waals surface area contributed by atoms with Gasteiger partial charge < -0.3 is 9.53 Å². The van der Waals surface area contributed by atoms with Crippen LogP contribution in [0.3, 0.4) is 0 Å². The van der Waals surface area contributed by atoms with Gasteiger partial charge in [0.1, 0.15) is 6.29 Å². The van der Waals surface area contributed by atoms with E-state index >= 15 is 0 Å². The zero-order valence-electron chi connectivity index (χ0n) is 4.24. The molecule has 8 heavy (non-hydrogen) atoms. The number of carbonyl (C=O) groups excluding carboxylic acids is 2. The molecule has 0 fully saturated rings. The minimum absolute atomic E-state index is 0.0543. The largest absolute Gasteiger partial charge is 0.449 e. The lowest BCUT2D eigenvalue weighted by Gasteiger charge is -2.01. The molecule has 4 nitrogen and oxygen atoms in total. The molecular weight excluding hydrogens is 110 g/mol. The topological polar surface area (TPSA) is 69.4 Å². The predicted octanol–water partition coefficient (Wildman–Crippen LogP) is -0.967. The summed E-state index contributed by atoms with van der Waals surface area (Å²) in [5, 5.41) is 0. The van der Waals surface area contributed by atoms with E-state index < -0.39 is 6.23 Å². The van der Waals surface area contributed by atoms with Gasteiger partial charge >= 0.3 is 0 Å². The van der Waals surface area contributed by atoms with Crippen LogP contribution in [0.2, 0.25) is 0 Å². The molecule has 0 aliphatic heterocycles. The Morgan fingerprint density at radius 3 is 2.62 bits per heavy atom. The van der Waals surface area contributed by atoms with Crippen molar-refractivity contribution in [2.24, 2.45) is 5.73 Å². The molecule has 1 unspecified atom stereocenters. The molecule has 0 aromatic heterocycles. The molecule has 0 aliphatic carbocycles. The highest BCUT2D eigenvalue weighted by molar-refractivity contribution is 5.50. The molecule has 46 valence electrons. The Morgan fingerprint density at radius 1 is 1.62 bits per heavy atom. The van der Waals surface area contributed by atoms with Crippen LogP contribution in [0.1, 0.15) is 6.42 Å². The minimum atomic E-state index is -0.773. The van der Waals surface area contributed by atoms with Gasteiger partial charge in [-0.15, -0.1) is 0 Å². The van der Waals surface area contributed by atoms with Crippen LogP contribution in [0.25, 0.3) is 0 Å². The third kappa shape index (κ3) is 3.30. The van der Waals surface area contributed by atoms with Gasteiger partial charge in [0.05, 0.1) is 6.42 Å². The molecule has 0 saturated carbocycles. The van der Waals surface area contributed by atoms with Crippen LogP contribution in [0.4, 0.5) is 0 Å². The van der Waals surface area contributed by atoms with E-state index in [1.807, 2.05) is 0 Å².